The van der Waals surface area contributed by atoms with Gasteiger partial charge in [0.05, 0.1) is 0 Å². The first kappa shape index (κ1) is 10.8. The van der Waals surface area contributed by atoms with Gasteiger partial charge < -0.3 is 0 Å². The monoisotopic (exact) mass is 236 g/mol. The molecule has 1 aliphatic rings. The summed E-state index contributed by atoms with van der Waals surface area (Å²) in [5.74, 6) is 0. The Balaban J connectivity index is 1.99. The molecule has 2 aromatic carbocycles. The van der Waals surface area contributed by atoms with Gasteiger partial charge in [0.15, 0.2) is 0 Å². The first-order valence-corrected chi connectivity index (χ1v) is 5.83. The molecule has 0 saturated carbocycles. The minimum atomic E-state index is -0.692. The second kappa shape index (κ2) is 4.49. The lowest BCUT2D eigenvalue weighted by atomic mass is 9.93. The van der Waals surface area contributed by atoms with E-state index < -0.39 is 5.66 Å². The lowest BCUT2D eigenvalue weighted by Crippen LogP contribution is -2.21. The van der Waals surface area contributed by atoms with Crippen LogP contribution in [0.15, 0.2) is 81.3 Å². The van der Waals surface area contributed by atoms with Gasteiger partial charge in [0.1, 0.15) is 0 Å². The zero-order chi connectivity index (χ0) is 12.3. The number of hydrogen-bond acceptors (Lipinski definition) is 4. The lowest BCUT2D eigenvalue weighted by Gasteiger charge is -2.20. The third-order valence-electron chi connectivity index (χ3n) is 2.99. The Kier molecular flexibility index (Phi) is 2.68. The van der Waals surface area contributed by atoms with E-state index in [4.69, 9.17) is 0 Å². The van der Waals surface area contributed by atoms with Gasteiger partial charge in [0.25, 0.3) is 0 Å². The van der Waals surface area contributed by atoms with Gasteiger partial charge in [-0.3, -0.25) is 0 Å². The summed E-state index contributed by atoms with van der Waals surface area (Å²) in [4.78, 5) is 0. The van der Waals surface area contributed by atoms with Crippen molar-refractivity contribution in [1.29, 1.82) is 0 Å². The van der Waals surface area contributed by atoms with Gasteiger partial charge in [-0.15, -0.1) is 10.2 Å². The van der Waals surface area contributed by atoms with E-state index in [-0.39, 0.29) is 0 Å². The highest BCUT2D eigenvalue weighted by molar-refractivity contribution is 5.28. The Hall–Kier alpha value is -2.36. The molecule has 18 heavy (non-hydrogen) atoms. The maximum Gasteiger partial charge on any atom is 0.224 e. The van der Waals surface area contributed by atoms with Crippen LogP contribution < -0.4 is 0 Å². The number of nitrogens with zero attached hydrogens (tertiary/aromatic N) is 4. The molecule has 3 rings (SSSR count). The summed E-state index contributed by atoms with van der Waals surface area (Å²) >= 11 is 0. The van der Waals surface area contributed by atoms with Crippen molar-refractivity contribution in [3.05, 3.63) is 71.8 Å². The lowest BCUT2D eigenvalue weighted by molar-refractivity contribution is 0.461. The smallest absolute Gasteiger partial charge is 0.129 e. The summed E-state index contributed by atoms with van der Waals surface area (Å²) in [5, 5.41) is 15.8. The molecular weight excluding hydrogens is 224 g/mol. The maximum atomic E-state index is 4.22. The average molecular weight is 236 g/mol. The molecule has 0 spiro atoms. The molecule has 0 radical (unpaired) electrons. The summed E-state index contributed by atoms with van der Waals surface area (Å²) in [6.07, 6.45) is 0.671. The second-order valence-corrected chi connectivity index (χ2v) is 4.22. The molecule has 0 saturated heterocycles. The Bertz CT molecular complexity index is 563. The van der Waals surface area contributed by atoms with Crippen molar-refractivity contribution in [2.24, 2.45) is 20.7 Å². The fraction of sp³-hybridized carbons (Fsp3) is 0.143. The molecule has 4 nitrogen and oxygen atoms in total. The molecule has 2 aromatic rings. The van der Waals surface area contributed by atoms with Gasteiger partial charge in [-0.25, -0.2) is 0 Å². The summed E-state index contributed by atoms with van der Waals surface area (Å²) in [6, 6.07) is 20.1. The largest absolute Gasteiger partial charge is 0.224 e. The first-order chi connectivity index (χ1) is 8.89. The SMILES string of the molecule is c1ccc(CC2(c3ccccc3)N=NN=N2)cc1. The zero-order valence-corrected chi connectivity index (χ0v) is 9.77. The maximum absolute atomic E-state index is 4.22. The van der Waals surface area contributed by atoms with Crippen LogP contribution in [-0.4, -0.2) is 0 Å². The van der Waals surface area contributed by atoms with E-state index >= 15 is 0 Å². The van der Waals surface area contributed by atoms with Crippen LogP contribution in [0.2, 0.25) is 0 Å². The van der Waals surface area contributed by atoms with Crippen LogP contribution in [0.1, 0.15) is 11.1 Å². The predicted molar refractivity (Wildman–Crippen MR) is 68.0 cm³/mol. The molecule has 0 N–H and O–H groups in total. The van der Waals surface area contributed by atoms with Crippen molar-refractivity contribution in [2.75, 3.05) is 0 Å². The number of rotatable bonds is 3. The number of hydrogen-bond donors (Lipinski definition) is 0. The minimum absolute atomic E-state index is 0.671. The highest BCUT2D eigenvalue weighted by Crippen LogP contribution is 2.35. The molecule has 88 valence electrons. The van der Waals surface area contributed by atoms with Crippen LogP contribution >= 0.6 is 0 Å². The predicted octanol–water partition coefficient (Wildman–Crippen LogP) is 3.92. The average Bonchev–Trinajstić information content (AvgIpc) is 2.91. The summed E-state index contributed by atoms with van der Waals surface area (Å²) in [5.41, 5.74) is 1.49. The fourth-order valence-corrected chi connectivity index (χ4v) is 2.08. The van der Waals surface area contributed by atoms with Gasteiger partial charge in [-0.2, -0.15) is 0 Å². The molecule has 0 aromatic heterocycles. The first-order valence-electron chi connectivity index (χ1n) is 5.83. The molecule has 0 unspecified atom stereocenters. The Morgan fingerprint density at radius 1 is 0.722 bits per heavy atom. The molecule has 1 heterocycles. The van der Waals surface area contributed by atoms with E-state index in [1.165, 1.54) is 5.56 Å². The van der Waals surface area contributed by atoms with Crippen molar-refractivity contribution in [1.82, 2.24) is 0 Å². The van der Waals surface area contributed by atoms with E-state index in [0.29, 0.717) is 6.42 Å². The molecule has 0 fully saturated rings. The summed E-state index contributed by atoms with van der Waals surface area (Å²) in [6.45, 7) is 0. The zero-order valence-electron chi connectivity index (χ0n) is 9.77. The van der Waals surface area contributed by atoms with Gasteiger partial charge >= 0.3 is 0 Å². The van der Waals surface area contributed by atoms with Crippen molar-refractivity contribution in [3.63, 3.8) is 0 Å². The van der Waals surface area contributed by atoms with E-state index in [9.17, 15) is 0 Å². The van der Waals surface area contributed by atoms with Crippen LogP contribution in [0.4, 0.5) is 0 Å². The van der Waals surface area contributed by atoms with Gasteiger partial charge in [0, 0.05) is 12.0 Å². The molecule has 1 aliphatic heterocycles. The van der Waals surface area contributed by atoms with Crippen LogP contribution in [0.5, 0.6) is 0 Å². The Morgan fingerprint density at radius 2 is 1.28 bits per heavy atom. The molecule has 0 aliphatic carbocycles. The summed E-state index contributed by atoms with van der Waals surface area (Å²) < 4.78 is 0. The van der Waals surface area contributed by atoms with E-state index in [1.54, 1.807) is 0 Å². The molecule has 0 amide bonds. The van der Waals surface area contributed by atoms with Gasteiger partial charge in [-0.1, -0.05) is 60.7 Å². The third kappa shape index (κ3) is 1.93. The van der Waals surface area contributed by atoms with Crippen LogP contribution in [0, 0.1) is 0 Å². The van der Waals surface area contributed by atoms with Gasteiger partial charge in [-0.05, 0) is 16.0 Å². The summed E-state index contributed by atoms with van der Waals surface area (Å²) in [7, 11) is 0. The molecule has 0 atom stereocenters. The van der Waals surface area contributed by atoms with Crippen molar-refractivity contribution in [2.45, 2.75) is 12.1 Å². The van der Waals surface area contributed by atoms with E-state index in [2.05, 4.69) is 32.8 Å². The van der Waals surface area contributed by atoms with Crippen LogP contribution in [0.3, 0.4) is 0 Å². The normalized spacial score (nSPS) is 16.0. The van der Waals surface area contributed by atoms with Crippen molar-refractivity contribution in [3.8, 4) is 0 Å². The Morgan fingerprint density at radius 3 is 1.89 bits per heavy atom. The fourth-order valence-electron chi connectivity index (χ4n) is 2.08. The number of benzene rings is 2. The highest BCUT2D eigenvalue weighted by atomic mass is 15.6. The van der Waals surface area contributed by atoms with Crippen molar-refractivity contribution >= 4 is 0 Å². The molecule has 0 bridgehead atoms. The topological polar surface area (TPSA) is 49.4 Å². The Labute approximate surface area is 105 Å². The van der Waals surface area contributed by atoms with Crippen LogP contribution in [-0.2, 0) is 12.1 Å². The van der Waals surface area contributed by atoms with E-state index in [0.717, 1.165) is 5.56 Å². The van der Waals surface area contributed by atoms with Gasteiger partial charge in [0.2, 0.25) is 5.66 Å². The second-order valence-electron chi connectivity index (χ2n) is 4.22. The van der Waals surface area contributed by atoms with Crippen molar-refractivity contribution < 1.29 is 0 Å². The van der Waals surface area contributed by atoms with E-state index in [1.807, 2.05) is 48.5 Å². The highest BCUT2D eigenvalue weighted by Gasteiger charge is 2.35. The molecular formula is C14H12N4. The quantitative estimate of drug-likeness (QED) is 0.775. The third-order valence-corrected chi connectivity index (χ3v) is 2.99. The van der Waals surface area contributed by atoms with Crippen LogP contribution in [0.25, 0.3) is 0 Å². The minimum Gasteiger partial charge on any atom is -0.129 e. The molecule has 4 heteroatoms. The standard InChI is InChI=1S/C14H12N4/c1-3-7-12(8-4-1)11-14(15-17-18-16-14)13-9-5-2-6-10-13/h1-10H,11H2.